The second kappa shape index (κ2) is 5.93. The molecule has 0 atom stereocenters. The minimum atomic E-state index is -0.564. The standard InChI is InChI=1S/C19H23FN4O/c1-13(2)17-22-21-16-12-23(9-10-24(16)17)18(25)19(7-4-8-19)14-5-3-6-15(20)11-14/h3,5-6,11,13H,4,7-10,12H2,1-2H3. The molecule has 2 aliphatic rings. The number of amides is 1. The van der Waals surface area contributed by atoms with Crippen molar-refractivity contribution >= 4 is 5.91 Å². The fourth-order valence-electron chi connectivity index (χ4n) is 4.03. The monoisotopic (exact) mass is 342 g/mol. The topological polar surface area (TPSA) is 51.0 Å². The summed E-state index contributed by atoms with van der Waals surface area (Å²) < 4.78 is 15.8. The maximum Gasteiger partial charge on any atom is 0.233 e. The molecule has 2 aromatic rings. The van der Waals surface area contributed by atoms with Gasteiger partial charge < -0.3 is 9.47 Å². The summed E-state index contributed by atoms with van der Waals surface area (Å²) in [5, 5.41) is 8.57. The third kappa shape index (κ3) is 2.55. The summed E-state index contributed by atoms with van der Waals surface area (Å²) in [5.41, 5.74) is 0.240. The van der Waals surface area contributed by atoms with E-state index in [4.69, 9.17) is 0 Å². The molecule has 1 amide bonds. The van der Waals surface area contributed by atoms with Crippen LogP contribution >= 0.6 is 0 Å². The highest BCUT2D eigenvalue weighted by atomic mass is 19.1. The highest BCUT2D eigenvalue weighted by Gasteiger charge is 2.48. The summed E-state index contributed by atoms with van der Waals surface area (Å²) >= 11 is 0. The Kier molecular flexibility index (Phi) is 3.85. The first kappa shape index (κ1) is 16.2. The lowest BCUT2D eigenvalue weighted by Gasteiger charge is -2.44. The molecule has 1 aromatic heterocycles. The van der Waals surface area contributed by atoms with Crippen LogP contribution in [0.4, 0.5) is 4.39 Å². The van der Waals surface area contributed by atoms with Crippen LogP contribution in [-0.4, -0.2) is 32.1 Å². The zero-order chi connectivity index (χ0) is 17.6. The molecule has 1 aliphatic carbocycles. The van der Waals surface area contributed by atoms with Gasteiger partial charge in [-0.2, -0.15) is 0 Å². The Balaban J connectivity index is 1.60. The van der Waals surface area contributed by atoms with Crippen molar-refractivity contribution in [2.24, 2.45) is 0 Å². The molecule has 2 heterocycles. The largest absolute Gasteiger partial charge is 0.333 e. The summed E-state index contributed by atoms with van der Waals surface area (Å²) in [4.78, 5) is 15.2. The molecule has 6 heteroatoms. The van der Waals surface area contributed by atoms with E-state index in [1.54, 1.807) is 6.07 Å². The van der Waals surface area contributed by atoms with E-state index in [9.17, 15) is 9.18 Å². The zero-order valence-corrected chi connectivity index (χ0v) is 14.7. The number of aromatic nitrogens is 3. The van der Waals surface area contributed by atoms with E-state index in [0.29, 0.717) is 19.0 Å². The van der Waals surface area contributed by atoms with Gasteiger partial charge in [0.15, 0.2) is 5.82 Å². The SMILES string of the molecule is CC(C)c1nnc2n1CCN(C(=O)C1(c3cccc(F)c3)CCC1)C2. The van der Waals surface area contributed by atoms with E-state index in [1.165, 1.54) is 12.1 Å². The van der Waals surface area contributed by atoms with Gasteiger partial charge in [-0.25, -0.2) is 4.39 Å². The Bertz CT molecular complexity index is 810. The van der Waals surface area contributed by atoms with Crippen molar-refractivity contribution in [1.29, 1.82) is 0 Å². The molecule has 0 radical (unpaired) electrons. The maximum atomic E-state index is 13.7. The van der Waals surface area contributed by atoms with Crippen molar-refractivity contribution in [1.82, 2.24) is 19.7 Å². The second-order valence-electron chi connectivity index (χ2n) is 7.45. The zero-order valence-electron chi connectivity index (χ0n) is 14.7. The third-order valence-corrected chi connectivity index (χ3v) is 5.58. The molecule has 1 aromatic carbocycles. The van der Waals surface area contributed by atoms with Gasteiger partial charge in [0, 0.05) is 19.0 Å². The lowest BCUT2D eigenvalue weighted by molar-refractivity contribution is -0.142. The molecule has 132 valence electrons. The van der Waals surface area contributed by atoms with Crippen LogP contribution in [0.2, 0.25) is 0 Å². The normalized spacial score (nSPS) is 18.8. The van der Waals surface area contributed by atoms with Gasteiger partial charge in [-0.3, -0.25) is 4.79 Å². The van der Waals surface area contributed by atoms with Crippen LogP contribution in [0, 0.1) is 5.82 Å². The van der Waals surface area contributed by atoms with E-state index in [1.807, 2.05) is 11.0 Å². The summed E-state index contributed by atoms with van der Waals surface area (Å²) in [5.74, 6) is 1.96. The molecule has 0 unspecified atom stereocenters. The van der Waals surface area contributed by atoms with Crippen LogP contribution in [0.5, 0.6) is 0 Å². The van der Waals surface area contributed by atoms with Crippen molar-refractivity contribution in [3.8, 4) is 0 Å². The van der Waals surface area contributed by atoms with Gasteiger partial charge in [-0.05, 0) is 30.5 Å². The van der Waals surface area contributed by atoms with Crippen molar-refractivity contribution in [3.05, 3.63) is 47.3 Å². The Morgan fingerprint density at radius 2 is 2.04 bits per heavy atom. The predicted octanol–water partition coefficient (Wildman–Crippen LogP) is 3.00. The molecule has 1 aliphatic heterocycles. The Labute approximate surface area is 146 Å². The van der Waals surface area contributed by atoms with Crippen molar-refractivity contribution in [3.63, 3.8) is 0 Å². The van der Waals surface area contributed by atoms with Crippen molar-refractivity contribution < 1.29 is 9.18 Å². The quantitative estimate of drug-likeness (QED) is 0.862. The lowest BCUT2D eigenvalue weighted by atomic mass is 9.63. The summed E-state index contributed by atoms with van der Waals surface area (Å²) in [6.45, 7) is 6.06. The van der Waals surface area contributed by atoms with E-state index in [0.717, 1.165) is 43.0 Å². The van der Waals surface area contributed by atoms with E-state index < -0.39 is 5.41 Å². The molecule has 25 heavy (non-hydrogen) atoms. The first-order valence-corrected chi connectivity index (χ1v) is 8.99. The van der Waals surface area contributed by atoms with Crippen LogP contribution < -0.4 is 0 Å². The van der Waals surface area contributed by atoms with Gasteiger partial charge in [0.05, 0.1) is 12.0 Å². The van der Waals surface area contributed by atoms with Gasteiger partial charge in [0.1, 0.15) is 11.6 Å². The number of benzene rings is 1. The first-order chi connectivity index (χ1) is 12.0. The van der Waals surface area contributed by atoms with E-state index in [2.05, 4.69) is 28.6 Å². The van der Waals surface area contributed by atoms with Gasteiger partial charge in [-0.15, -0.1) is 10.2 Å². The molecule has 4 rings (SSSR count). The lowest BCUT2D eigenvalue weighted by Crippen LogP contribution is -2.53. The summed E-state index contributed by atoms with van der Waals surface area (Å²) in [6.07, 6.45) is 2.58. The van der Waals surface area contributed by atoms with Gasteiger partial charge in [0.25, 0.3) is 0 Å². The molecule has 1 fully saturated rings. The fourth-order valence-corrected chi connectivity index (χ4v) is 4.03. The molecule has 0 N–H and O–H groups in total. The van der Waals surface area contributed by atoms with Crippen LogP contribution in [0.3, 0.4) is 0 Å². The number of hydrogen-bond donors (Lipinski definition) is 0. The van der Waals surface area contributed by atoms with Gasteiger partial charge in [0.2, 0.25) is 5.91 Å². The summed E-state index contributed by atoms with van der Waals surface area (Å²) in [7, 11) is 0. The highest BCUT2D eigenvalue weighted by Crippen LogP contribution is 2.45. The van der Waals surface area contributed by atoms with Crippen molar-refractivity contribution in [2.45, 2.75) is 57.5 Å². The molecule has 5 nitrogen and oxygen atoms in total. The number of fused-ring (bicyclic) bond motifs is 1. The van der Waals surface area contributed by atoms with E-state index in [-0.39, 0.29) is 11.7 Å². The van der Waals surface area contributed by atoms with Gasteiger partial charge in [-0.1, -0.05) is 32.4 Å². The molecule has 1 saturated carbocycles. The van der Waals surface area contributed by atoms with Crippen LogP contribution in [0.25, 0.3) is 0 Å². The van der Waals surface area contributed by atoms with Crippen LogP contribution in [0.1, 0.15) is 56.2 Å². The number of carbonyl (C=O) groups excluding carboxylic acids is 1. The molecular weight excluding hydrogens is 319 g/mol. The number of rotatable bonds is 3. The molecular formula is C19H23FN4O. The Hall–Kier alpha value is -2.24. The molecule has 0 saturated heterocycles. The number of carbonyl (C=O) groups is 1. The highest BCUT2D eigenvalue weighted by molar-refractivity contribution is 5.89. The molecule has 0 bridgehead atoms. The van der Waals surface area contributed by atoms with Crippen LogP contribution in [0.15, 0.2) is 24.3 Å². The Morgan fingerprint density at radius 3 is 2.68 bits per heavy atom. The number of nitrogens with zero attached hydrogens (tertiary/aromatic N) is 4. The van der Waals surface area contributed by atoms with E-state index >= 15 is 0 Å². The summed E-state index contributed by atoms with van der Waals surface area (Å²) in [6, 6.07) is 6.51. The van der Waals surface area contributed by atoms with Crippen LogP contribution in [-0.2, 0) is 23.3 Å². The Morgan fingerprint density at radius 1 is 1.24 bits per heavy atom. The third-order valence-electron chi connectivity index (χ3n) is 5.58. The predicted molar refractivity (Wildman–Crippen MR) is 91.5 cm³/mol. The average molecular weight is 342 g/mol. The van der Waals surface area contributed by atoms with Crippen molar-refractivity contribution in [2.75, 3.05) is 6.54 Å². The maximum absolute atomic E-state index is 13.7. The number of halogens is 1. The second-order valence-corrected chi connectivity index (χ2v) is 7.45. The number of hydrogen-bond acceptors (Lipinski definition) is 3. The average Bonchev–Trinajstić information content (AvgIpc) is 2.97. The first-order valence-electron chi connectivity index (χ1n) is 8.99. The fraction of sp³-hybridized carbons (Fsp3) is 0.526. The minimum Gasteiger partial charge on any atom is -0.333 e. The van der Waals surface area contributed by atoms with Gasteiger partial charge >= 0.3 is 0 Å². The molecule has 0 spiro atoms. The smallest absolute Gasteiger partial charge is 0.233 e. The minimum absolute atomic E-state index is 0.102.